The zero-order chi connectivity index (χ0) is 26.4. The van der Waals surface area contributed by atoms with Gasteiger partial charge in [0.2, 0.25) is 5.95 Å². The third-order valence-corrected chi connectivity index (χ3v) is 5.96. The van der Waals surface area contributed by atoms with Gasteiger partial charge in [-0.25, -0.2) is 9.37 Å². The molecule has 2 aromatic heterocycles. The minimum Gasteiger partial charge on any atom is -0.383 e. The van der Waals surface area contributed by atoms with E-state index in [1.807, 2.05) is 5.01 Å². The number of fused-ring (bicyclic) bond motifs is 1. The Labute approximate surface area is 210 Å². The molecule has 1 atom stereocenters. The number of aromatic nitrogens is 2. The normalized spacial score (nSPS) is 17.6. The van der Waals surface area contributed by atoms with Gasteiger partial charge in [-0.15, -0.1) is 12.0 Å². The van der Waals surface area contributed by atoms with Gasteiger partial charge < -0.3 is 16.1 Å². The highest BCUT2D eigenvalue weighted by atomic mass is 19.1. The Morgan fingerprint density at radius 2 is 2.06 bits per heavy atom. The van der Waals surface area contributed by atoms with Crippen molar-refractivity contribution in [1.29, 1.82) is 0 Å². The zero-order valence-corrected chi connectivity index (χ0v) is 20.4. The molecule has 1 aromatic carbocycles. The average Bonchev–Trinajstić information content (AvgIpc) is 3.58. The van der Waals surface area contributed by atoms with E-state index in [0.717, 1.165) is 12.8 Å². The molecule has 1 fully saturated rings. The summed E-state index contributed by atoms with van der Waals surface area (Å²) in [6.07, 6.45) is 12.4. The van der Waals surface area contributed by atoms with Crippen molar-refractivity contribution in [3.8, 4) is 12.3 Å². The number of nitrogens with one attached hydrogen (secondary N) is 4. The van der Waals surface area contributed by atoms with E-state index in [-0.39, 0.29) is 10.9 Å². The quantitative estimate of drug-likeness (QED) is 0.279. The fourth-order valence-corrected chi connectivity index (χ4v) is 3.95. The smallest absolute Gasteiger partial charge is 0.212 e. The highest BCUT2D eigenvalue weighted by Gasteiger charge is 2.32. The fourth-order valence-electron chi connectivity index (χ4n) is 3.95. The van der Waals surface area contributed by atoms with E-state index in [1.165, 1.54) is 30.6 Å². The summed E-state index contributed by atoms with van der Waals surface area (Å²) in [7, 11) is 0. The first kappa shape index (κ1) is 22.6. The van der Waals surface area contributed by atoms with Gasteiger partial charge in [0.1, 0.15) is 5.52 Å². The standard InChI is InChI=1S/C27H29F2N7/c1-5-16-12-31-26-20(24(16)32-15-27(2,3)4)10-18(11-21(26)28)33-25(17-6-9-23(29)30-13-17)22-14-36(35-34-22)19-7-8-19/h1,6,9-14,19,25,33-35H,7-8,15H2,2-4H3,(H,31,32)/t25-/m1/s1/i25D. The number of rotatable bonds is 7. The lowest BCUT2D eigenvalue weighted by Crippen LogP contribution is -2.38. The molecule has 1 aliphatic heterocycles. The predicted octanol–water partition coefficient (Wildman–Crippen LogP) is 4.83. The number of nitrogens with zero attached hydrogens (tertiary/aromatic N) is 3. The van der Waals surface area contributed by atoms with Gasteiger partial charge in [0.25, 0.3) is 0 Å². The first-order valence-electron chi connectivity index (χ1n) is 12.3. The third kappa shape index (κ3) is 5.04. The van der Waals surface area contributed by atoms with Gasteiger partial charge in [-0.3, -0.25) is 9.99 Å². The summed E-state index contributed by atoms with van der Waals surface area (Å²) in [5, 5.41) is 8.90. The van der Waals surface area contributed by atoms with E-state index in [4.69, 9.17) is 6.42 Å². The van der Waals surface area contributed by atoms with Crippen LogP contribution in [0.5, 0.6) is 0 Å². The van der Waals surface area contributed by atoms with Crippen LogP contribution in [0.1, 0.15) is 52.1 Å². The highest BCUT2D eigenvalue weighted by Crippen LogP contribution is 2.35. The summed E-state index contributed by atoms with van der Waals surface area (Å²) in [5.41, 5.74) is 8.47. The Kier molecular flexibility index (Phi) is 5.82. The molecule has 5 rings (SSSR count). The Bertz CT molecular complexity index is 1410. The molecule has 7 nitrogen and oxygen atoms in total. The topological polar surface area (TPSA) is 77.1 Å². The van der Waals surface area contributed by atoms with Crippen molar-refractivity contribution >= 4 is 22.3 Å². The van der Waals surface area contributed by atoms with E-state index in [1.54, 1.807) is 12.3 Å². The second kappa shape index (κ2) is 9.28. The number of benzene rings is 1. The second-order valence-electron chi connectivity index (χ2n) is 10.2. The number of halogens is 2. The summed E-state index contributed by atoms with van der Waals surface area (Å²) in [4.78, 5) is 8.00. The molecule has 0 unspecified atom stereocenters. The first-order chi connectivity index (χ1) is 17.6. The van der Waals surface area contributed by atoms with Crippen molar-refractivity contribution in [2.24, 2.45) is 5.41 Å². The van der Waals surface area contributed by atoms with Crippen molar-refractivity contribution in [2.75, 3.05) is 17.2 Å². The molecule has 0 amide bonds. The number of hydrogen-bond donors (Lipinski definition) is 4. The summed E-state index contributed by atoms with van der Waals surface area (Å²) in [6.45, 7) is 6.85. The molecule has 0 spiro atoms. The summed E-state index contributed by atoms with van der Waals surface area (Å²) < 4.78 is 38.4. The predicted molar refractivity (Wildman–Crippen MR) is 137 cm³/mol. The molecular weight excluding hydrogens is 460 g/mol. The van der Waals surface area contributed by atoms with Crippen LogP contribution in [0.15, 0.2) is 48.6 Å². The maximum Gasteiger partial charge on any atom is 0.212 e. The molecule has 0 radical (unpaired) electrons. The maximum atomic E-state index is 15.4. The third-order valence-electron chi connectivity index (χ3n) is 5.96. The van der Waals surface area contributed by atoms with Gasteiger partial charge in [0.05, 0.1) is 24.3 Å². The van der Waals surface area contributed by atoms with Crippen LogP contribution in [-0.4, -0.2) is 27.6 Å². The van der Waals surface area contributed by atoms with Gasteiger partial charge >= 0.3 is 0 Å². The fraction of sp³-hybridized carbons (Fsp3) is 0.333. The van der Waals surface area contributed by atoms with E-state index in [0.29, 0.717) is 46.2 Å². The SMILES string of the molecule is [2H][C@](Nc1cc(F)c2ncc(C#C)c(NCC(C)(C)C)c2c1)(C1=CN(C2CC2)NN1)c1ccc(F)nc1. The van der Waals surface area contributed by atoms with E-state index >= 15 is 4.39 Å². The van der Waals surface area contributed by atoms with E-state index < -0.39 is 17.8 Å². The monoisotopic (exact) mass is 490 g/mol. The van der Waals surface area contributed by atoms with Crippen LogP contribution < -0.4 is 21.6 Å². The highest BCUT2D eigenvalue weighted by molar-refractivity contribution is 5.96. The van der Waals surface area contributed by atoms with Gasteiger partial charge in [-0.05, 0) is 42.0 Å². The number of terminal acetylenes is 1. The molecule has 0 saturated heterocycles. The Hall–Kier alpha value is -3.90. The van der Waals surface area contributed by atoms with Crippen molar-refractivity contribution in [2.45, 2.75) is 45.7 Å². The Morgan fingerprint density at radius 3 is 2.72 bits per heavy atom. The molecule has 9 heteroatoms. The molecule has 2 aliphatic rings. The molecule has 3 heterocycles. The lowest BCUT2D eigenvalue weighted by molar-refractivity contribution is 0.260. The summed E-state index contributed by atoms with van der Waals surface area (Å²) >= 11 is 0. The van der Waals surface area contributed by atoms with Crippen molar-refractivity contribution < 1.29 is 10.2 Å². The molecule has 1 saturated carbocycles. The van der Waals surface area contributed by atoms with Crippen LogP contribution in [0.25, 0.3) is 10.9 Å². The maximum absolute atomic E-state index is 15.4. The largest absolute Gasteiger partial charge is 0.383 e. The van der Waals surface area contributed by atoms with Crippen LogP contribution >= 0.6 is 0 Å². The van der Waals surface area contributed by atoms with E-state index in [9.17, 15) is 5.76 Å². The molecule has 3 aromatic rings. The molecule has 1 aliphatic carbocycles. The molecule has 0 bridgehead atoms. The van der Waals surface area contributed by atoms with Crippen LogP contribution in [0.2, 0.25) is 0 Å². The van der Waals surface area contributed by atoms with Crippen LogP contribution in [0.4, 0.5) is 20.2 Å². The molecule has 36 heavy (non-hydrogen) atoms. The van der Waals surface area contributed by atoms with E-state index in [2.05, 4.69) is 58.3 Å². The first-order valence-corrected chi connectivity index (χ1v) is 11.8. The molecule has 4 N–H and O–H groups in total. The lowest BCUT2D eigenvalue weighted by atomic mass is 9.96. The summed E-state index contributed by atoms with van der Waals surface area (Å²) in [6, 6.07) is 4.38. The van der Waals surface area contributed by atoms with Gasteiger partial charge in [0.15, 0.2) is 5.82 Å². The van der Waals surface area contributed by atoms with Crippen molar-refractivity contribution in [3.05, 3.63) is 71.4 Å². The Morgan fingerprint density at radius 1 is 1.25 bits per heavy atom. The van der Waals surface area contributed by atoms with Gasteiger partial charge in [0, 0.05) is 42.3 Å². The number of anilines is 2. The second-order valence-corrected chi connectivity index (χ2v) is 10.2. The van der Waals surface area contributed by atoms with Gasteiger partial charge in [-0.2, -0.15) is 4.39 Å². The summed E-state index contributed by atoms with van der Waals surface area (Å²) in [5.74, 6) is 1.41. The van der Waals surface area contributed by atoms with Crippen LogP contribution in [0.3, 0.4) is 0 Å². The number of pyridine rings is 2. The van der Waals surface area contributed by atoms with Crippen LogP contribution in [-0.2, 0) is 0 Å². The molecule has 186 valence electrons. The average molecular weight is 491 g/mol. The number of hydrazine groups is 2. The van der Waals surface area contributed by atoms with Crippen LogP contribution in [0, 0.1) is 29.5 Å². The van der Waals surface area contributed by atoms with Crippen molar-refractivity contribution in [3.63, 3.8) is 0 Å². The van der Waals surface area contributed by atoms with Gasteiger partial charge in [-0.1, -0.05) is 32.8 Å². The minimum absolute atomic E-state index is 0.0527. The zero-order valence-electron chi connectivity index (χ0n) is 21.4. The molecular formula is C27H29F2N7. The minimum atomic E-state index is -1.65. The van der Waals surface area contributed by atoms with Crippen molar-refractivity contribution in [1.82, 2.24) is 25.9 Å². The Balaban J connectivity index is 1.60. The lowest BCUT2D eigenvalue weighted by Gasteiger charge is -2.23. The number of hydrogen-bond acceptors (Lipinski definition) is 7.